The van der Waals surface area contributed by atoms with Crippen molar-refractivity contribution in [3.05, 3.63) is 124 Å². The topological polar surface area (TPSA) is 88.5 Å². The molecule has 1 fully saturated rings. The first-order valence-electron chi connectivity index (χ1n) is 15.6. The van der Waals surface area contributed by atoms with Crippen molar-refractivity contribution in [2.75, 3.05) is 0 Å². The molecule has 1 saturated carbocycles. The van der Waals surface area contributed by atoms with Crippen LogP contribution in [0.2, 0.25) is 0 Å². The molecule has 45 heavy (non-hydrogen) atoms. The second kappa shape index (κ2) is 15.5. The van der Waals surface area contributed by atoms with Gasteiger partial charge in [0.15, 0.2) is 0 Å². The number of allylic oxidation sites excluding steroid dienone is 2. The lowest BCUT2D eigenvalue weighted by atomic mass is 9.88. The van der Waals surface area contributed by atoms with E-state index in [2.05, 4.69) is 17.4 Å². The van der Waals surface area contributed by atoms with Crippen LogP contribution in [-0.4, -0.2) is 22.0 Å². The fourth-order valence-corrected chi connectivity index (χ4v) is 6.71. The largest absolute Gasteiger partial charge is 0.489 e. The predicted octanol–water partition coefficient (Wildman–Crippen LogP) is 8.80. The number of carboxylic acid groups (broad SMARTS) is 1. The number of benzene rings is 3. The van der Waals surface area contributed by atoms with Crippen LogP contribution in [0.1, 0.15) is 73.8 Å². The first-order valence-corrected chi connectivity index (χ1v) is 16.4. The number of aromatic nitrogens is 1. The zero-order chi connectivity index (χ0) is 31.6. The monoisotopic (exact) mass is 620 g/mol. The minimum absolute atomic E-state index is 0.0225. The van der Waals surface area contributed by atoms with Gasteiger partial charge in [0, 0.05) is 11.5 Å². The van der Waals surface area contributed by atoms with E-state index in [1.165, 1.54) is 6.42 Å². The van der Waals surface area contributed by atoms with Crippen LogP contribution in [0.4, 0.5) is 0 Å². The molecule has 0 aliphatic heterocycles. The van der Waals surface area contributed by atoms with Gasteiger partial charge >= 0.3 is 5.97 Å². The number of aliphatic carboxylic acids is 1. The molecular formula is C38H40N2O4S. The van der Waals surface area contributed by atoms with Gasteiger partial charge in [-0.25, -0.2) is 9.78 Å². The van der Waals surface area contributed by atoms with E-state index in [4.69, 9.17) is 9.72 Å². The summed E-state index contributed by atoms with van der Waals surface area (Å²) in [6, 6.07) is 27.9. The van der Waals surface area contributed by atoms with Crippen LogP contribution in [0.15, 0.2) is 102 Å². The Morgan fingerprint density at radius 3 is 2.27 bits per heavy atom. The number of ether oxygens (including phenoxy) is 1. The molecular weight excluding hydrogens is 580 g/mol. The SMILES string of the molecule is CC(=Cc1nc([C@H](Cc2ccc(OCc3ccccc3)cc2)NC(=O)C2CCCCC2)sc1-c1ccccc1)C=C(C)C(=O)O. The van der Waals surface area contributed by atoms with Crippen molar-refractivity contribution in [3.63, 3.8) is 0 Å². The molecule has 7 heteroatoms. The van der Waals surface area contributed by atoms with E-state index < -0.39 is 5.97 Å². The molecule has 0 saturated heterocycles. The van der Waals surface area contributed by atoms with E-state index in [9.17, 15) is 14.7 Å². The number of amides is 1. The zero-order valence-electron chi connectivity index (χ0n) is 25.9. The second-order valence-corrected chi connectivity index (χ2v) is 12.7. The molecule has 3 aromatic carbocycles. The van der Waals surface area contributed by atoms with Gasteiger partial charge in [-0.1, -0.05) is 92.1 Å². The van der Waals surface area contributed by atoms with E-state index in [1.54, 1.807) is 24.3 Å². The lowest BCUT2D eigenvalue weighted by molar-refractivity contribution is -0.132. The average Bonchev–Trinajstić information content (AvgIpc) is 3.48. The van der Waals surface area contributed by atoms with Crippen molar-refractivity contribution in [2.45, 2.75) is 65.0 Å². The molecule has 1 heterocycles. The van der Waals surface area contributed by atoms with Crippen molar-refractivity contribution >= 4 is 29.3 Å². The number of carboxylic acids is 1. The smallest absolute Gasteiger partial charge is 0.331 e. The summed E-state index contributed by atoms with van der Waals surface area (Å²) in [5.41, 5.74) is 5.01. The summed E-state index contributed by atoms with van der Waals surface area (Å²) < 4.78 is 6.00. The maximum Gasteiger partial charge on any atom is 0.331 e. The van der Waals surface area contributed by atoms with Crippen molar-refractivity contribution in [1.82, 2.24) is 10.3 Å². The predicted molar refractivity (Wildman–Crippen MR) is 181 cm³/mol. The molecule has 0 radical (unpaired) electrons. The van der Waals surface area contributed by atoms with Crippen molar-refractivity contribution < 1.29 is 19.4 Å². The van der Waals surface area contributed by atoms with Crippen LogP contribution in [0.3, 0.4) is 0 Å². The summed E-state index contributed by atoms with van der Waals surface area (Å²) in [6.45, 7) is 3.96. The number of rotatable bonds is 12. The van der Waals surface area contributed by atoms with E-state index in [1.807, 2.05) is 85.8 Å². The molecule has 232 valence electrons. The molecule has 5 rings (SSSR count). The van der Waals surface area contributed by atoms with E-state index in [-0.39, 0.29) is 23.4 Å². The molecule has 1 aromatic heterocycles. The Labute approximate surface area is 269 Å². The molecule has 1 aliphatic carbocycles. The Balaban J connectivity index is 1.44. The minimum Gasteiger partial charge on any atom is -0.489 e. The minimum atomic E-state index is -0.952. The lowest BCUT2D eigenvalue weighted by Crippen LogP contribution is -2.35. The highest BCUT2D eigenvalue weighted by molar-refractivity contribution is 7.15. The van der Waals surface area contributed by atoms with Crippen LogP contribution < -0.4 is 10.1 Å². The van der Waals surface area contributed by atoms with Crippen molar-refractivity contribution in [2.24, 2.45) is 5.92 Å². The quantitative estimate of drug-likeness (QED) is 0.122. The molecule has 2 N–H and O–H groups in total. The number of nitrogens with one attached hydrogen (secondary N) is 1. The fraction of sp³-hybridized carbons (Fsp3) is 0.289. The number of thiazole rings is 1. The zero-order valence-corrected chi connectivity index (χ0v) is 26.7. The van der Waals surface area contributed by atoms with Gasteiger partial charge in [0.2, 0.25) is 5.91 Å². The van der Waals surface area contributed by atoms with Gasteiger partial charge in [-0.3, -0.25) is 4.79 Å². The Morgan fingerprint density at radius 2 is 1.60 bits per heavy atom. The summed E-state index contributed by atoms with van der Waals surface area (Å²) in [4.78, 5) is 31.0. The van der Waals surface area contributed by atoms with E-state index >= 15 is 0 Å². The van der Waals surface area contributed by atoms with E-state index in [0.29, 0.717) is 13.0 Å². The number of hydrogen-bond donors (Lipinski definition) is 2. The first kappa shape index (κ1) is 31.9. The van der Waals surface area contributed by atoms with Gasteiger partial charge in [0.05, 0.1) is 16.6 Å². The highest BCUT2D eigenvalue weighted by Crippen LogP contribution is 2.36. The van der Waals surface area contributed by atoms with Gasteiger partial charge in [0.25, 0.3) is 0 Å². The highest BCUT2D eigenvalue weighted by Gasteiger charge is 2.27. The van der Waals surface area contributed by atoms with Crippen LogP contribution >= 0.6 is 11.3 Å². The summed E-state index contributed by atoms with van der Waals surface area (Å²) in [7, 11) is 0. The van der Waals surface area contributed by atoms with Gasteiger partial charge in [-0.15, -0.1) is 11.3 Å². The average molecular weight is 621 g/mol. The van der Waals surface area contributed by atoms with Crippen LogP contribution in [-0.2, 0) is 22.6 Å². The molecule has 0 spiro atoms. The summed E-state index contributed by atoms with van der Waals surface area (Å²) in [5, 5.41) is 13.6. The van der Waals surface area contributed by atoms with Gasteiger partial charge < -0.3 is 15.2 Å². The standard InChI is InChI=1S/C38H40N2O4S/c1-26(22-27(2)38(42)43)23-33-35(30-14-8-4-9-15-30)45-37(40-33)34(39-36(41)31-16-10-5-11-17-31)24-28-18-20-32(21-19-28)44-25-29-12-6-3-7-13-29/h3-4,6-9,12-15,18-23,31,34H,5,10-11,16-17,24-25H2,1-2H3,(H,39,41)(H,42,43)/t34-/m0/s1. The normalized spacial score (nSPS) is 15.0. The molecule has 4 aromatic rings. The molecule has 0 bridgehead atoms. The lowest BCUT2D eigenvalue weighted by Gasteiger charge is -2.24. The first-order chi connectivity index (χ1) is 21.9. The third kappa shape index (κ3) is 9.02. The van der Waals surface area contributed by atoms with Crippen molar-refractivity contribution in [3.8, 4) is 16.2 Å². The summed E-state index contributed by atoms with van der Waals surface area (Å²) in [5.74, 6) is -0.0489. The third-order valence-electron chi connectivity index (χ3n) is 8.05. The summed E-state index contributed by atoms with van der Waals surface area (Å²) in [6.07, 6.45) is 9.35. The number of carbonyl (C=O) groups excluding carboxylic acids is 1. The van der Waals surface area contributed by atoms with Crippen molar-refractivity contribution in [1.29, 1.82) is 0 Å². The molecule has 1 atom stereocenters. The van der Waals surface area contributed by atoms with Gasteiger partial charge in [0.1, 0.15) is 17.4 Å². The number of nitrogens with zero attached hydrogens (tertiary/aromatic N) is 1. The molecule has 6 nitrogen and oxygen atoms in total. The highest BCUT2D eigenvalue weighted by atomic mass is 32.1. The van der Waals surface area contributed by atoms with Crippen LogP contribution in [0.5, 0.6) is 5.75 Å². The summed E-state index contributed by atoms with van der Waals surface area (Å²) >= 11 is 1.57. The van der Waals surface area contributed by atoms with Gasteiger partial charge in [-0.05, 0) is 79.7 Å². The van der Waals surface area contributed by atoms with Crippen LogP contribution in [0, 0.1) is 5.92 Å². The Hall–Kier alpha value is -4.49. The Bertz CT molecular complexity index is 1640. The molecule has 1 aliphatic rings. The van der Waals surface area contributed by atoms with Crippen LogP contribution in [0.25, 0.3) is 16.5 Å². The Morgan fingerprint density at radius 1 is 0.933 bits per heavy atom. The Kier molecular flexibility index (Phi) is 11.0. The maximum atomic E-state index is 13.5. The van der Waals surface area contributed by atoms with E-state index in [0.717, 1.165) is 69.3 Å². The number of hydrogen-bond acceptors (Lipinski definition) is 5. The number of carbonyl (C=O) groups is 2. The third-order valence-corrected chi connectivity index (χ3v) is 9.29. The fourth-order valence-electron chi connectivity index (χ4n) is 5.61. The van der Waals surface area contributed by atoms with Gasteiger partial charge in [-0.2, -0.15) is 0 Å². The second-order valence-electron chi connectivity index (χ2n) is 11.7. The molecule has 0 unspecified atom stereocenters. The molecule has 1 amide bonds. The maximum absolute atomic E-state index is 13.5.